The number of allylic oxidation sites excluding steroid dienone is 4. The fraction of sp³-hybridized carbons (Fsp3) is 0.898. The summed E-state index contributed by atoms with van der Waals surface area (Å²) < 4.78 is 23.4. The van der Waals surface area contributed by atoms with Gasteiger partial charge in [-0.25, -0.2) is 4.57 Å². The van der Waals surface area contributed by atoms with E-state index in [0.29, 0.717) is 23.9 Å². The first-order valence-electron chi connectivity index (χ1n) is 24.7. The first kappa shape index (κ1) is 57.0. The Morgan fingerprint density at radius 3 is 1.41 bits per heavy atom. The summed E-state index contributed by atoms with van der Waals surface area (Å²) in [6, 6.07) is -0.753. The number of aliphatic hydroxyl groups is 1. The maximum atomic E-state index is 12.8. The van der Waals surface area contributed by atoms with Crippen molar-refractivity contribution in [2.45, 2.75) is 244 Å². The smallest absolute Gasteiger partial charge is 0.391 e. The molecule has 1 amide bonds. The van der Waals surface area contributed by atoms with Crippen LogP contribution < -0.4 is 5.32 Å². The Kier molecular flexibility index (Phi) is 40.6. The van der Waals surface area contributed by atoms with Crippen LogP contribution in [-0.2, 0) is 18.4 Å². The molecule has 3 unspecified atom stereocenters. The molecule has 3 atom stereocenters. The molecule has 0 aliphatic carbocycles. The number of nitrogens with zero attached hydrogens (tertiary/aromatic N) is 1. The van der Waals surface area contributed by atoms with Crippen LogP contribution in [0, 0.1) is 0 Å². The van der Waals surface area contributed by atoms with E-state index >= 15 is 0 Å². The van der Waals surface area contributed by atoms with Crippen molar-refractivity contribution in [3.8, 4) is 0 Å². The molecule has 0 bridgehead atoms. The van der Waals surface area contributed by atoms with Gasteiger partial charge in [0, 0.05) is 6.42 Å². The van der Waals surface area contributed by atoms with Gasteiger partial charge in [-0.2, -0.15) is 0 Å². The summed E-state index contributed by atoms with van der Waals surface area (Å²) in [5.74, 6) is -0.149. The standard InChI is InChI=1S/C49H97N2O6P/c1-6-8-10-12-13-14-15-16-17-18-19-20-21-22-23-24-25-26-27-28-29-30-31-32-33-34-35-36-37-39-41-43-49(53)50-47(48(52)42-40-38-11-9-7-2)46-57-58(54,55)56-45-44-51(3,4)5/h15-16,18-19,47-48,52H,6-14,17,20-46H2,1-5H3,(H-,50,53,54,55)/p+1/b16-15-,19-18-. The van der Waals surface area contributed by atoms with Crippen molar-refractivity contribution in [2.75, 3.05) is 40.9 Å². The molecule has 8 nitrogen and oxygen atoms in total. The van der Waals surface area contributed by atoms with Crippen LogP contribution >= 0.6 is 7.82 Å². The van der Waals surface area contributed by atoms with E-state index in [4.69, 9.17) is 9.05 Å². The summed E-state index contributed by atoms with van der Waals surface area (Å²) in [6.07, 6.45) is 49.9. The van der Waals surface area contributed by atoms with Crippen molar-refractivity contribution in [1.82, 2.24) is 5.32 Å². The normalized spacial score (nSPS) is 14.4. The molecule has 344 valence electrons. The highest BCUT2D eigenvalue weighted by Gasteiger charge is 2.28. The number of nitrogens with one attached hydrogen (secondary N) is 1. The number of hydrogen-bond acceptors (Lipinski definition) is 5. The average Bonchev–Trinajstić information content (AvgIpc) is 3.17. The summed E-state index contributed by atoms with van der Waals surface area (Å²) in [6.45, 7) is 4.80. The third-order valence-corrected chi connectivity index (χ3v) is 12.2. The molecule has 0 radical (unpaired) electrons. The number of amides is 1. The Bertz CT molecular complexity index is 1000. The fourth-order valence-corrected chi connectivity index (χ4v) is 7.99. The molecule has 0 fully saturated rings. The third-order valence-electron chi connectivity index (χ3n) is 11.2. The molecule has 0 rings (SSSR count). The van der Waals surface area contributed by atoms with E-state index in [1.54, 1.807) is 0 Å². The molecule has 0 aromatic rings. The summed E-state index contributed by atoms with van der Waals surface area (Å²) in [7, 11) is 1.62. The molecule has 0 aromatic heterocycles. The summed E-state index contributed by atoms with van der Waals surface area (Å²) >= 11 is 0. The van der Waals surface area contributed by atoms with E-state index in [1.165, 1.54) is 148 Å². The van der Waals surface area contributed by atoms with Crippen molar-refractivity contribution in [2.24, 2.45) is 0 Å². The minimum atomic E-state index is -4.30. The molecule has 0 aliphatic rings. The summed E-state index contributed by atoms with van der Waals surface area (Å²) in [5.41, 5.74) is 0. The highest BCUT2D eigenvalue weighted by atomic mass is 31.2. The molecule has 3 N–H and O–H groups in total. The van der Waals surface area contributed by atoms with Gasteiger partial charge in [-0.3, -0.25) is 13.8 Å². The van der Waals surface area contributed by atoms with Crippen molar-refractivity contribution >= 4 is 13.7 Å². The van der Waals surface area contributed by atoms with Gasteiger partial charge in [0.15, 0.2) is 0 Å². The number of carbonyl (C=O) groups excluding carboxylic acids is 1. The minimum Gasteiger partial charge on any atom is -0.391 e. The number of likely N-dealkylation sites (N-methyl/N-ethyl adjacent to an activating group) is 1. The average molecular weight is 842 g/mol. The second-order valence-corrected chi connectivity index (χ2v) is 19.6. The highest BCUT2D eigenvalue weighted by molar-refractivity contribution is 7.47. The minimum absolute atomic E-state index is 0.0754. The topological polar surface area (TPSA) is 105 Å². The maximum Gasteiger partial charge on any atom is 0.472 e. The van der Waals surface area contributed by atoms with Gasteiger partial charge in [0.25, 0.3) is 0 Å². The van der Waals surface area contributed by atoms with E-state index in [0.717, 1.165) is 57.8 Å². The van der Waals surface area contributed by atoms with E-state index in [1.807, 2.05) is 21.1 Å². The van der Waals surface area contributed by atoms with Crippen molar-refractivity contribution in [3.05, 3.63) is 24.3 Å². The van der Waals surface area contributed by atoms with Crippen LogP contribution in [-0.4, -0.2) is 73.4 Å². The number of hydrogen-bond donors (Lipinski definition) is 3. The number of quaternary nitrogens is 1. The zero-order valence-electron chi connectivity index (χ0n) is 39.0. The zero-order valence-corrected chi connectivity index (χ0v) is 39.9. The first-order chi connectivity index (χ1) is 28.0. The summed E-state index contributed by atoms with van der Waals surface area (Å²) in [4.78, 5) is 23.0. The van der Waals surface area contributed by atoms with Gasteiger partial charge in [0.2, 0.25) is 5.91 Å². The molecule has 0 spiro atoms. The maximum absolute atomic E-state index is 12.8. The van der Waals surface area contributed by atoms with Crippen LogP contribution in [0.5, 0.6) is 0 Å². The van der Waals surface area contributed by atoms with Gasteiger partial charge in [-0.1, -0.05) is 205 Å². The molecule has 0 aromatic carbocycles. The van der Waals surface area contributed by atoms with Crippen LogP contribution in [0.3, 0.4) is 0 Å². The molecule has 9 heteroatoms. The lowest BCUT2D eigenvalue weighted by Gasteiger charge is -2.26. The SMILES string of the molecule is CCCCCCC/C=C\C/C=C\CCCCCCCCCCCCCCCCCCCCCC(=O)NC(COP(=O)(O)OCC[N+](C)(C)C)C(O)CCCCCCC. The molecular formula is C49H98N2O6P+. The predicted octanol–water partition coefficient (Wildman–Crippen LogP) is 14.1. The molecule has 0 heterocycles. The van der Waals surface area contributed by atoms with Crippen LogP contribution in [0.2, 0.25) is 0 Å². The van der Waals surface area contributed by atoms with Crippen molar-refractivity contribution < 1.29 is 32.9 Å². The Balaban J connectivity index is 3.81. The number of carbonyl (C=O) groups is 1. The fourth-order valence-electron chi connectivity index (χ4n) is 7.25. The van der Waals surface area contributed by atoms with Gasteiger partial charge in [-0.05, 0) is 44.9 Å². The lowest BCUT2D eigenvalue weighted by molar-refractivity contribution is -0.870. The molecular weight excluding hydrogens is 744 g/mol. The lowest BCUT2D eigenvalue weighted by Crippen LogP contribution is -2.46. The Labute approximate surface area is 360 Å². The monoisotopic (exact) mass is 842 g/mol. The van der Waals surface area contributed by atoms with Gasteiger partial charge >= 0.3 is 7.82 Å². The largest absolute Gasteiger partial charge is 0.472 e. The van der Waals surface area contributed by atoms with Crippen molar-refractivity contribution in [1.29, 1.82) is 0 Å². The Morgan fingerprint density at radius 2 is 0.983 bits per heavy atom. The molecule has 0 aliphatic heterocycles. The van der Waals surface area contributed by atoms with E-state index in [2.05, 4.69) is 43.5 Å². The van der Waals surface area contributed by atoms with Crippen molar-refractivity contribution in [3.63, 3.8) is 0 Å². The quantitative estimate of drug-likeness (QED) is 0.0244. The lowest BCUT2D eigenvalue weighted by atomic mass is 10.0. The molecule has 0 saturated carbocycles. The number of unbranched alkanes of at least 4 members (excludes halogenated alkanes) is 28. The Hall–Kier alpha value is -1.02. The van der Waals surface area contributed by atoms with E-state index < -0.39 is 20.0 Å². The van der Waals surface area contributed by atoms with Crippen LogP contribution in [0.25, 0.3) is 0 Å². The second kappa shape index (κ2) is 41.3. The summed E-state index contributed by atoms with van der Waals surface area (Å²) in [5, 5.41) is 13.8. The number of aliphatic hydroxyl groups excluding tert-OH is 1. The van der Waals surface area contributed by atoms with Crippen LogP contribution in [0.4, 0.5) is 0 Å². The second-order valence-electron chi connectivity index (χ2n) is 18.2. The van der Waals surface area contributed by atoms with Gasteiger partial charge in [-0.15, -0.1) is 0 Å². The Morgan fingerprint density at radius 1 is 0.586 bits per heavy atom. The van der Waals surface area contributed by atoms with Gasteiger partial charge in [0.05, 0.1) is 39.9 Å². The first-order valence-corrected chi connectivity index (χ1v) is 26.2. The third kappa shape index (κ3) is 43.1. The van der Waals surface area contributed by atoms with Crippen LogP contribution in [0.15, 0.2) is 24.3 Å². The number of phosphoric acid groups is 1. The van der Waals surface area contributed by atoms with Gasteiger partial charge < -0.3 is 19.8 Å². The number of phosphoric ester groups is 1. The van der Waals surface area contributed by atoms with E-state index in [9.17, 15) is 19.4 Å². The van der Waals surface area contributed by atoms with E-state index in [-0.39, 0.29) is 19.1 Å². The number of rotatable bonds is 45. The molecule has 0 saturated heterocycles. The van der Waals surface area contributed by atoms with Gasteiger partial charge in [0.1, 0.15) is 13.2 Å². The predicted molar refractivity (Wildman–Crippen MR) is 249 cm³/mol. The van der Waals surface area contributed by atoms with Crippen LogP contribution in [0.1, 0.15) is 232 Å². The zero-order chi connectivity index (χ0) is 42.8. The molecule has 58 heavy (non-hydrogen) atoms. The highest BCUT2D eigenvalue weighted by Crippen LogP contribution is 2.43.